The van der Waals surface area contributed by atoms with Crippen molar-refractivity contribution < 1.29 is 13.9 Å². The van der Waals surface area contributed by atoms with Gasteiger partial charge in [0.1, 0.15) is 12.4 Å². The molecule has 0 aliphatic carbocycles. The summed E-state index contributed by atoms with van der Waals surface area (Å²) in [6.07, 6.45) is 3.22. The molecule has 2 aromatic carbocycles. The van der Waals surface area contributed by atoms with Crippen LogP contribution in [0.1, 0.15) is 0 Å². The summed E-state index contributed by atoms with van der Waals surface area (Å²) < 4.78 is 25.2. The average Bonchev–Trinajstić information content (AvgIpc) is 2.69. The SMILES string of the molecule is CN(C)c1cccc(Oc2cnc(N3CCOc4c(F)cccc43)nc2)c1. The number of rotatable bonds is 4. The van der Waals surface area contributed by atoms with Crippen molar-refractivity contribution in [1.82, 2.24) is 9.97 Å². The van der Waals surface area contributed by atoms with Gasteiger partial charge in [-0.15, -0.1) is 0 Å². The third kappa shape index (κ3) is 3.48. The van der Waals surface area contributed by atoms with E-state index in [1.807, 2.05) is 48.2 Å². The molecule has 138 valence electrons. The van der Waals surface area contributed by atoms with E-state index >= 15 is 0 Å². The molecule has 3 aromatic rings. The summed E-state index contributed by atoms with van der Waals surface area (Å²) in [7, 11) is 3.94. The van der Waals surface area contributed by atoms with Crippen molar-refractivity contribution in [2.24, 2.45) is 0 Å². The van der Waals surface area contributed by atoms with Crippen molar-refractivity contribution in [2.45, 2.75) is 0 Å². The predicted molar refractivity (Wildman–Crippen MR) is 102 cm³/mol. The first-order chi connectivity index (χ1) is 13.1. The van der Waals surface area contributed by atoms with Crippen LogP contribution in [-0.4, -0.2) is 37.2 Å². The fourth-order valence-electron chi connectivity index (χ4n) is 2.88. The van der Waals surface area contributed by atoms with Crippen LogP contribution in [0.4, 0.5) is 21.7 Å². The van der Waals surface area contributed by atoms with Crippen LogP contribution in [-0.2, 0) is 0 Å². The lowest BCUT2D eigenvalue weighted by atomic mass is 10.2. The Hall–Kier alpha value is -3.35. The van der Waals surface area contributed by atoms with Gasteiger partial charge in [-0.05, 0) is 24.3 Å². The Morgan fingerprint density at radius 2 is 1.85 bits per heavy atom. The maximum absolute atomic E-state index is 13.9. The van der Waals surface area contributed by atoms with Crippen LogP contribution in [0.15, 0.2) is 54.9 Å². The second kappa shape index (κ2) is 7.11. The molecule has 0 atom stereocenters. The minimum Gasteiger partial charge on any atom is -0.486 e. The van der Waals surface area contributed by atoms with E-state index < -0.39 is 5.82 Å². The van der Waals surface area contributed by atoms with E-state index in [-0.39, 0.29) is 5.75 Å². The normalized spacial score (nSPS) is 12.9. The lowest BCUT2D eigenvalue weighted by molar-refractivity contribution is 0.296. The van der Waals surface area contributed by atoms with Crippen molar-refractivity contribution in [2.75, 3.05) is 37.0 Å². The fourth-order valence-corrected chi connectivity index (χ4v) is 2.88. The van der Waals surface area contributed by atoms with Gasteiger partial charge in [-0.1, -0.05) is 12.1 Å². The Morgan fingerprint density at radius 1 is 1.07 bits per heavy atom. The quantitative estimate of drug-likeness (QED) is 0.696. The molecule has 0 N–H and O–H groups in total. The zero-order valence-electron chi connectivity index (χ0n) is 15.1. The number of hydrogen-bond donors (Lipinski definition) is 0. The molecule has 1 aromatic heterocycles. The maximum Gasteiger partial charge on any atom is 0.230 e. The Bertz CT molecular complexity index is 947. The molecule has 2 heterocycles. The monoisotopic (exact) mass is 366 g/mol. The van der Waals surface area contributed by atoms with E-state index in [2.05, 4.69) is 9.97 Å². The first-order valence-corrected chi connectivity index (χ1v) is 8.58. The zero-order chi connectivity index (χ0) is 18.8. The summed E-state index contributed by atoms with van der Waals surface area (Å²) in [5.41, 5.74) is 1.66. The van der Waals surface area contributed by atoms with Crippen molar-refractivity contribution >= 4 is 17.3 Å². The molecule has 0 bridgehead atoms. The molecule has 0 radical (unpaired) electrons. The van der Waals surface area contributed by atoms with Crippen molar-refractivity contribution in [1.29, 1.82) is 0 Å². The highest BCUT2D eigenvalue weighted by Gasteiger charge is 2.23. The highest BCUT2D eigenvalue weighted by atomic mass is 19.1. The molecule has 1 aliphatic rings. The molecule has 0 saturated heterocycles. The molecule has 0 saturated carbocycles. The van der Waals surface area contributed by atoms with Gasteiger partial charge >= 0.3 is 0 Å². The number of halogens is 1. The van der Waals surface area contributed by atoms with E-state index in [1.54, 1.807) is 24.5 Å². The smallest absolute Gasteiger partial charge is 0.230 e. The topological polar surface area (TPSA) is 50.7 Å². The molecular formula is C20H19FN4O2. The number of para-hydroxylation sites is 1. The van der Waals surface area contributed by atoms with Crippen molar-refractivity contribution in [3.8, 4) is 17.2 Å². The van der Waals surface area contributed by atoms with Crippen molar-refractivity contribution in [3.05, 3.63) is 60.7 Å². The summed E-state index contributed by atoms with van der Waals surface area (Å²) in [6, 6.07) is 12.6. The van der Waals surface area contributed by atoms with Gasteiger partial charge in [0.2, 0.25) is 5.95 Å². The highest BCUT2D eigenvalue weighted by Crippen LogP contribution is 2.37. The lowest BCUT2D eigenvalue weighted by Gasteiger charge is -2.29. The van der Waals surface area contributed by atoms with Crippen LogP contribution in [0.3, 0.4) is 0 Å². The third-order valence-corrected chi connectivity index (χ3v) is 4.22. The average molecular weight is 366 g/mol. The van der Waals surface area contributed by atoms with Gasteiger partial charge in [-0.2, -0.15) is 0 Å². The van der Waals surface area contributed by atoms with Gasteiger partial charge < -0.3 is 19.3 Å². The van der Waals surface area contributed by atoms with Crippen LogP contribution < -0.4 is 19.3 Å². The Balaban J connectivity index is 1.55. The molecule has 0 spiro atoms. The molecule has 7 heteroatoms. The van der Waals surface area contributed by atoms with E-state index in [0.29, 0.717) is 36.3 Å². The molecule has 1 aliphatic heterocycles. The number of aromatic nitrogens is 2. The first-order valence-electron chi connectivity index (χ1n) is 8.58. The number of anilines is 3. The second-order valence-corrected chi connectivity index (χ2v) is 6.30. The molecular weight excluding hydrogens is 347 g/mol. The Kier molecular flexibility index (Phi) is 4.50. The molecule has 0 unspecified atom stereocenters. The maximum atomic E-state index is 13.9. The van der Waals surface area contributed by atoms with Crippen LogP contribution >= 0.6 is 0 Å². The van der Waals surface area contributed by atoms with E-state index in [1.165, 1.54) is 6.07 Å². The molecule has 4 rings (SSSR count). The fraction of sp³-hybridized carbons (Fsp3) is 0.200. The molecule has 6 nitrogen and oxygen atoms in total. The number of benzene rings is 2. The summed E-state index contributed by atoms with van der Waals surface area (Å²) >= 11 is 0. The molecule has 0 amide bonds. The van der Waals surface area contributed by atoms with Crippen LogP contribution in [0.2, 0.25) is 0 Å². The van der Waals surface area contributed by atoms with E-state index in [0.717, 1.165) is 5.69 Å². The summed E-state index contributed by atoms with van der Waals surface area (Å²) in [4.78, 5) is 12.6. The molecule has 27 heavy (non-hydrogen) atoms. The number of nitrogens with zero attached hydrogens (tertiary/aromatic N) is 4. The van der Waals surface area contributed by atoms with Gasteiger partial charge in [0.15, 0.2) is 17.3 Å². The van der Waals surface area contributed by atoms with Gasteiger partial charge in [-0.3, -0.25) is 0 Å². The van der Waals surface area contributed by atoms with Crippen LogP contribution in [0.25, 0.3) is 0 Å². The predicted octanol–water partition coefficient (Wildman–Crippen LogP) is 4.00. The van der Waals surface area contributed by atoms with Gasteiger partial charge in [-0.25, -0.2) is 14.4 Å². The summed E-state index contributed by atoms with van der Waals surface area (Å²) in [6.45, 7) is 0.911. The minimum atomic E-state index is -0.391. The summed E-state index contributed by atoms with van der Waals surface area (Å²) in [5.74, 6) is 1.55. The largest absolute Gasteiger partial charge is 0.486 e. The van der Waals surface area contributed by atoms with Gasteiger partial charge in [0.25, 0.3) is 0 Å². The standard InChI is InChI=1S/C20H19FN4O2/c1-24(2)14-5-3-6-15(11-14)27-16-12-22-20(23-13-16)25-9-10-26-19-17(21)7-4-8-18(19)25/h3-8,11-13H,9-10H2,1-2H3. The number of fused-ring (bicyclic) bond motifs is 1. The third-order valence-electron chi connectivity index (χ3n) is 4.22. The first kappa shape index (κ1) is 17.1. The number of hydrogen-bond acceptors (Lipinski definition) is 6. The Morgan fingerprint density at radius 3 is 2.63 bits per heavy atom. The van der Waals surface area contributed by atoms with E-state index in [4.69, 9.17) is 9.47 Å². The second-order valence-electron chi connectivity index (χ2n) is 6.30. The highest BCUT2D eigenvalue weighted by molar-refractivity contribution is 5.67. The summed E-state index contributed by atoms with van der Waals surface area (Å²) in [5, 5.41) is 0. The Labute approximate surface area is 156 Å². The van der Waals surface area contributed by atoms with Crippen molar-refractivity contribution in [3.63, 3.8) is 0 Å². The zero-order valence-corrected chi connectivity index (χ0v) is 15.1. The van der Waals surface area contributed by atoms with E-state index in [9.17, 15) is 4.39 Å². The van der Waals surface area contributed by atoms with Gasteiger partial charge in [0.05, 0.1) is 24.6 Å². The number of ether oxygens (including phenoxy) is 2. The van der Waals surface area contributed by atoms with Gasteiger partial charge in [0, 0.05) is 25.8 Å². The molecule has 0 fully saturated rings. The lowest BCUT2D eigenvalue weighted by Crippen LogP contribution is -2.30. The van der Waals surface area contributed by atoms with Crippen LogP contribution in [0.5, 0.6) is 17.2 Å². The minimum absolute atomic E-state index is 0.230. The van der Waals surface area contributed by atoms with Crippen LogP contribution in [0, 0.1) is 5.82 Å².